The summed E-state index contributed by atoms with van der Waals surface area (Å²) in [5.74, 6) is -0.457. The van der Waals surface area contributed by atoms with Gasteiger partial charge < -0.3 is 4.57 Å². The predicted octanol–water partition coefficient (Wildman–Crippen LogP) is 3.01. The number of nitrogens with one attached hydrogen (secondary N) is 1. The fourth-order valence-electron chi connectivity index (χ4n) is 2.79. The number of benzene rings is 1. The number of aryl methyl sites for hydroxylation is 3. The monoisotopic (exact) mass is 368 g/mol. The highest BCUT2D eigenvalue weighted by Crippen LogP contribution is 2.20. The molecule has 3 aromatic rings. The van der Waals surface area contributed by atoms with E-state index in [4.69, 9.17) is 0 Å². The maximum Gasteiger partial charge on any atom is 0.263 e. The standard InChI is InChI=1S/C19H20N4O2S/c1-11-6-5-7-14(8-11)10-15-21-22-19(26-15)20-17(24)16-12(2)9-13(3)23(4)18(16)25/h5-9H,10H2,1-4H3,(H,20,22,24). The van der Waals surface area contributed by atoms with Gasteiger partial charge in [0.15, 0.2) is 0 Å². The number of carbonyl (C=O) groups excluding carboxylic acids is 1. The lowest BCUT2D eigenvalue weighted by Gasteiger charge is -2.09. The van der Waals surface area contributed by atoms with Gasteiger partial charge >= 0.3 is 0 Å². The molecule has 1 aromatic carbocycles. The molecule has 2 heterocycles. The summed E-state index contributed by atoms with van der Waals surface area (Å²) in [6.45, 7) is 5.63. The molecule has 1 amide bonds. The van der Waals surface area contributed by atoms with E-state index >= 15 is 0 Å². The van der Waals surface area contributed by atoms with Crippen molar-refractivity contribution < 1.29 is 4.79 Å². The topological polar surface area (TPSA) is 76.9 Å². The third kappa shape index (κ3) is 3.72. The molecule has 134 valence electrons. The second kappa shape index (κ2) is 7.21. The van der Waals surface area contributed by atoms with Crippen molar-refractivity contribution in [1.29, 1.82) is 0 Å². The van der Waals surface area contributed by atoms with Gasteiger partial charge in [0, 0.05) is 19.2 Å². The van der Waals surface area contributed by atoms with Gasteiger partial charge in [-0.25, -0.2) is 0 Å². The van der Waals surface area contributed by atoms with Crippen molar-refractivity contribution in [2.45, 2.75) is 27.2 Å². The van der Waals surface area contributed by atoms with Gasteiger partial charge in [0.05, 0.1) is 0 Å². The third-order valence-electron chi connectivity index (χ3n) is 4.22. The Morgan fingerprint density at radius 2 is 1.96 bits per heavy atom. The van der Waals surface area contributed by atoms with Gasteiger partial charge in [0.1, 0.15) is 10.6 Å². The molecular weight excluding hydrogens is 348 g/mol. The fourth-order valence-corrected chi connectivity index (χ4v) is 3.56. The van der Waals surface area contributed by atoms with Crippen LogP contribution in [0, 0.1) is 20.8 Å². The highest BCUT2D eigenvalue weighted by atomic mass is 32.1. The minimum Gasteiger partial charge on any atom is -0.315 e. The van der Waals surface area contributed by atoms with Crippen LogP contribution >= 0.6 is 11.3 Å². The first-order chi connectivity index (χ1) is 12.3. The van der Waals surface area contributed by atoms with Gasteiger partial charge in [-0.15, -0.1) is 10.2 Å². The molecule has 26 heavy (non-hydrogen) atoms. The smallest absolute Gasteiger partial charge is 0.263 e. The number of rotatable bonds is 4. The SMILES string of the molecule is Cc1cccc(Cc2nnc(NC(=O)c3c(C)cc(C)n(C)c3=O)s2)c1. The summed E-state index contributed by atoms with van der Waals surface area (Å²) in [5.41, 5.74) is 3.60. The quantitative estimate of drug-likeness (QED) is 0.768. The summed E-state index contributed by atoms with van der Waals surface area (Å²) in [6, 6.07) is 9.99. The van der Waals surface area contributed by atoms with Crippen LogP contribution in [0.4, 0.5) is 5.13 Å². The molecule has 7 heteroatoms. The number of hydrogen-bond donors (Lipinski definition) is 1. The molecule has 0 aliphatic carbocycles. The zero-order valence-corrected chi connectivity index (χ0v) is 16.0. The number of pyridine rings is 1. The fraction of sp³-hybridized carbons (Fsp3) is 0.263. The number of aromatic nitrogens is 3. The van der Waals surface area contributed by atoms with E-state index in [2.05, 4.69) is 21.6 Å². The number of amides is 1. The van der Waals surface area contributed by atoms with Gasteiger partial charge in [-0.3, -0.25) is 14.9 Å². The number of hydrogen-bond acceptors (Lipinski definition) is 5. The summed E-state index contributed by atoms with van der Waals surface area (Å²) >= 11 is 1.31. The molecule has 0 aliphatic rings. The zero-order valence-electron chi connectivity index (χ0n) is 15.2. The summed E-state index contributed by atoms with van der Waals surface area (Å²) < 4.78 is 1.46. The minimum atomic E-state index is -0.457. The van der Waals surface area contributed by atoms with E-state index < -0.39 is 5.91 Å². The zero-order chi connectivity index (χ0) is 18.8. The molecule has 0 aliphatic heterocycles. The van der Waals surface area contributed by atoms with E-state index in [1.54, 1.807) is 14.0 Å². The molecule has 0 spiro atoms. The van der Waals surface area contributed by atoms with Crippen molar-refractivity contribution in [3.05, 3.63) is 73.6 Å². The van der Waals surface area contributed by atoms with E-state index in [-0.39, 0.29) is 11.1 Å². The molecule has 0 bridgehead atoms. The van der Waals surface area contributed by atoms with Crippen molar-refractivity contribution >= 4 is 22.4 Å². The number of nitrogens with zero attached hydrogens (tertiary/aromatic N) is 3. The lowest BCUT2D eigenvalue weighted by atomic mass is 10.1. The summed E-state index contributed by atoms with van der Waals surface area (Å²) in [6.07, 6.45) is 0.653. The summed E-state index contributed by atoms with van der Waals surface area (Å²) in [7, 11) is 1.65. The van der Waals surface area contributed by atoms with Crippen LogP contribution in [0.5, 0.6) is 0 Å². The second-order valence-corrected chi connectivity index (χ2v) is 7.39. The lowest BCUT2D eigenvalue weighted by Crippen LogP contribution is -2.30. The van der Waals surface area contributed by atoms with Crippen molar-refractivity contribution in [3.8, 4) is 0 Å². The Morgan fingerprint density at radius 1 is 1.19 bits per heavy atom. The molecule has 0 saturated heterocycles. The summed E-state index contributed by atoms with van der Waals surface area (Å²) in [4.78, 5) is 24.9. The average Bonchev–Trinajstić information content (AvgIpc) is 2.99. The van der Waals surface area contributed by atoms with Crippen LogP contribution in [-0.4, -0.2) is 20.7 Å². The van der Waals surface area contributed by atoms with Crippen LogP contribution in [0.1, 0.15) is 37.7 Å². The minimum absolute atomic E-state index is 0.133. The van der Waals surface area contributed by atoms with Crippen molar-refractivity contribution in [1.82, 2.24) is 14.8 Å². The van der Waals surface area contributed by atoms with E-state index in [0.29, 0.717) is 17.1 Å². The van der Waals surface area contributed by atoms with Gasteiger partial charge in [-0.1, -0.05) is 41.2 Å². The maximum absolute atomic E-state index is 12.5. The highest BCUT2D eigenvalue weighted by molar-refractivity contribution is 7.15. The first-order valence-electron chi connectivity index (χ1n) is 8.21. The van der Waals surface area contributed by atoms with Crippen LogP contribution in [-0.2, 0) is 13.5 Å². The molecule has 1 N–H and O–H groups in total. The molecule has 0 fully saturated rings. The highest BCUT2D eigenvalue weighted by Gasteiger charge is 2.18. The van der Waals surface area contributed by atoms with Gasteiger partial charge in [0.25, 0.3) is 11.5 Å². The van der Waals surface area contributed by atoms with Crippen molar-refractivity contribution in [3.63, 3.8) is 0 Å². The Hall–Kier alpha value is -2.80. The van der Waals surface area contributed by atoms with E-state index in [0.717, 1.165) is 16.3 Å². The Labute approximate surface area is 155 Å². The normalized spacial score (nSPS) is 10.8. The molecule has 0 saturated carbocycles. The van der Waals surface area contributed by atoms with Crippen LogP contribution in [0.15, 0.2) is 35.1 Å². The summed E-state index contributed by atoms with van der Waals surface area (Å²) in [5, 5.41) is 12.1. The van der Waals surface area contributed by atoms with E-state index in [1.807, 2.05) is 38.1 Å². The number of carbonyl (C=O) groups is 1. The van der Waals surface area contributed by atoms with Crippen LogP contribution < -0.4 is 10.9 Å². The predicted molar refractivity (Wildman–Crippen MR) is 103 cm³/mol. The average molecular weight is 368 g/mol. The Bertz CT molecular complexity index is 1040. The van der Waals surface area contributed by atoms with E-state index in [1.165, 1.54) is 21.5 Å². The Balaban J connectivity index is 1.78. The Morgan fingerprint density at radius 3 is 2.69 bits per heavy atom. The molecule has 0 radical (unpaired) electrons. The van der Waals surface area contributed by atoms with Crippen molar-refractivity contribution in [2.24, 2.45) is 7.05 Å². The molecule has 6 nitrogen and oxygen atoms in total. The first kappa shape index (κ1) is 18.0. The maximum atomic E-state index is 12.5. The van der Waals surface area contributed by atoms with Crippen molar-refractivity contribution in [2.75, 3.05) is 5.32 Å². The molecule has 3 rings (SSSR count). The second-order valence-electron chi connectivity index (χ2n) is 6.33. The Kier molecular flexibility index (Phi) is 4.99. The van der Waals surface area contributed by atoms with Gasteiger partial charge in [-0.05, 0) is 38.0 Å². The van der Waals surface area contributed by atoms with Gasteiger partial charge in [0.2, 0.25) is 5.13 Å². The van der Waals surface area contributed by atoms with E-state index in [9.17, 15) is 9.59 Å². The third-order valence-corrected chi connectivity index (χ3v) is 5.06. The molecule has 2 aromatic heterocycles. The number of anilines is 1. The van der Waals surface area contributed by atoms with Crippen LogP contribution in [0.2, 0.25) is 0 Å². The molecule has 0 unspecified atom stereocenters. The first-order valence-corrected chi connectivity index (χ1v) is 9.03. The van der Waals surface area contributed by atoms with Crippen LogP contribution in [0.3, 0.4) is 0 Å². The largest absolute Gasteiger partial charge is 0.315 e. The van der Waals surface area contributed by atoms with Crippen LogP contribution in [0.25, 0.3) is 0 Å². The van der Waals surface area contributed by atoms with Gasteiger partial charge in [-0.2, -0.15) is 0 Å². The molecule has 0 atom stereocenters. The lowest BCUT2D eigenvalue weighted by molar-refractivity contribution is 0.102. The molecular formula is C19H20N4O2S.